The zero-order chi connectivity index (χ0) is 6.81. The first-order valence-electron chi connectivity index (χ1n) is 3.89. The molecule has 3 nitrogen and oxygen atoms in total. The van der Waals surface area contributed by atoms with Crippen LogP contribution >= 0.6 is 12.4 Å². The molecule has 2 fully saturated rings. The van der Waals surface area contributed by atoms with E-state index in [2.05, 4.69) is 5.32 Å². The molecule has 0 aliphatic carbocycles. The summed E-state index contributed by atoms with van der Waals surface area (Å²) in [7, 11) is 0. The van der Waals surface area contributed by atoms with Gasteiger partial charge in [-0.25, -0.2) is 0 Å². The van der Waals surface area contributed by atoms with Crippen molar-refractivity contribution in [1.82, 2.24) is 5.32 Å². The Morgan fingerprint density at radius 2 is 2.18 bits per heavy atom. The van der Waals surface area contributed by atoms with Crippen LogP contribution in [-0.4, -0.2) is 38.5 Å². The molecule has 0 aromatic heterocycles. The van der Waals surface area contributed by atoms with Crippen LogP contribution in [0.25, 0.3) is 0 Å². The largest absolute Gasteiger partial charge is 0.379 e. The van der Waals surface area contributed by atoms with E-state index in [1.807, 2.05) is 0 Å². The number of nitrogens with one attached hydrogen (secondary N) is 1. The Balaban J connectivity index is 0.000000605. The summed E-state index contributed by atoms with van der Waals surface area (Å²) in [6.07, 6.45) is 1.42. The smallest absolute Gasteiger partial charge is 0.0962 e. The van der Waals surface area contributed by atoms with Crippen LogP contribution in [0.15, 0.2) is 0 Å². The topological polar surface area (TPSA) is 30.5 Å². The molecule has 0 spiro atoms. The fourth-order valence-electron chi connectivity index (χ4n) is 1.56. The molecule has 0 radical (unpaired) electrons. The number of rotatable bonds is 0. The molecule has 0 saturated carbocycles. The second-order valence-corrected chi connectivity index (χ2v) is 2.83. The Morgan fingerprint density at radius 1 is 1.27 bits per heavy atom. The van der Waals surface area contributed by atoms with Crippen molar-refractivity contribution in [3.8, 4) is 0 Å². The number of ether oxygens (including phenoxy) is 2. The highest BCUT2D eigenvalue weighted by Gasteiger charge is 2.28. The summed E-state index contributed by atoms with van der Waals surface area (Å²) in [6.45, 7) is 3.50. The van der Waals surface area contributed by atoms with E-state index in [-0.39, 0.29) is 12.4 Å². The Labute approximate surface area is 72.8 Å². The van der Waals surface area contributed by atoms with Gasteiger partial charge in [0.2, 0.25) is 0 Å². The Hall–Kier alpha value is 0.170. The van der Waals surface area contributed by atoms with Gasteiger partial charge in [-0.3, -0.25) is 0 Å². The molecule has 0 amide bonds. The van der Waals surface area contributed by atoms with E-state index in [1.54, 1.807) is 0 Å². The van der Waals surface area contributed by atoms with Crippen molar-refractivity contribution in [2.45, 2.75) is 18.6 Å². The third-order valence-electron chi connectivity index (χ3n) is 2.14. The summed E-state index contributed by atoms with van der Waals surface area (Å²) in [4.78, 5) is 0. The van der Waals surface area contributed by atoms with E-state index in [9.17, 15) is 0 Å². The molecule has 2 aliphatic rings. The highest BCUT2D eigenvalue weighted by Crippen LogP contribution is 2.13. The first kappa shape index (κ1) is 9.26. The summed E-state index contributed by atoms with van der Waals surface area (Å²) < 4.78 is 10.8. The highest BCUT2D eigenvalue weighted by molar-refractivity contribution is 5.85. The maximum atomic E-state index is 5.49. The molecule has 66 valence electrons. The van der Waals surface area contributed by atoms with Gasteiger partial charge in [0.1, 0.15) is 0 Å². The summed E-state index contributed by atoms with van der Waals surface area (Å²) in [5, 5.41) is 3.42. The molecule has 2 saturated heterocycles. The van der Waals surface area contributed by atoms with Crippen LogP contribution in [0.4, 0.5) is 0 Å². The molecule has 0 aromatic rings. The van der Waals surface area contributed by atoms with Gasteiger partial charge in [0.05, 0.1) is 19.3 Å². The molecule has 2 atom stereocenters. The van der Waals surface area contributed by atoms with Crippen molar-refractivity contribution in [3.05, 3.63) is 0 Å². The number of fused-ring (bicyclic) bond motifs is 1. The monoisotopic (exact) mass is 179 g/mol. The van der Waals surface area contributed by atoms with Crippen LogP contribution in [-0.2, 0) is 9.47 Å². The summed E-state index contributed by atoms with van der Waals surface area (Å²) in [5.74, 6) is 0. The van der Waals surface area contributed by atoms with E-state index < -0.39 is 0 Å². The minimum Gasteiger partial charge on any atom is -0.379 e. The third kappa shape index (κ3) is 2.06. The number of hydrogen-bond donors (Lipinski definition) is 1. The van der Waals surface area contributed by atoms with E-state index in [0.717, 1.165) is 32.8 Å². The van der Waals surface area contributed by atoms with Gasteiger partial charge in [-0.05, 0) is 6.42 Å². The second kappa shape index (κ2) is 4.26. The fourth-order valence-corrected chi connectivity index (χ4v) is 1.56. The fraction of sp³-hybridized carbons (Fsp3) is 1.00. The predicted octanol–water partition coefficient (Wildman–Crippen LogP) is 0.185. The van der Waals surface area contributed by atoms with Crippen molar-refractivity contribution in [1.29, 1.82) is 0 Å². The van der Waals surface area contributed by atoms with Gasteiger partial charge in [0, 0.05) is 19.2 Å². The lowest BCUT2D eigenvalue weighted by atomic mass is 10.1. The number of morpholine rings is 1. The lowest BCUT2D eigenvalue weighted by molar-refractivity contribution is -0.0884. The SMILES string of the molecule is C1CO[C@H]2COCC[C@@H]2N1.Cl. The minimum absolute atomic E-state index is 0. The van der Waals surface area contributed by atoms with Crippen LogP contribution in [0.5, 0.6) is 0 Å². The van der Waals surface area contributed by atoms with Crippen molar-refractivity contribution < 1.29 is 9.47 Å². The van der Waals surface area contributed by atoms with Crippen LogP contribution in [0.1, 0.15) is 6.42 Å². The van der Waals surface area contributed by atoms with E-state index >= 15 is 0 Å². The van der Waals surface area contributed by atoms with E-state index in [4.69, 9.17) is 9.47 Å². The molecule has 4 heteroatoms. The van der Waals surface area contributed by atoms with Crippen molar-refractivity contribution in [2.75, 3.05) is 26.4 Å². The maximum absolute atomic E-state index is 5.49. The molecule has 0 unspecified atom stereocenters. The van der Waals surface area contributed by atoms with Crippen molar-refractivity contribution in [3.63, 3.8) is 0 Å². The van der Waals surface area contributed by atoms with Gasteiger partial charge in [0.25, 0.3) is 0 Å². The van der Waals surface area contributed by atoms with E-state index in [1.165, 1.54) is 0 Å². The Kier molecular flexibility index (Phi) is 3.59. The van der Waals surface area contributed by atoms with Gasteiger partial charge < -0.3 is 14.8 Å². The zero-order valence-electron chi connectivity index (χ0n) is 6.41. The third-order valence-corrected chi connectivity index (χ3v) is 2.14. The van der Waals surface area contributed by atoms with Gasteiger partial charge in [0.15, 0.2) is 0 Å². The van der Waals surface area contributed by atoms with Crippen LogP contribution in [0.3, 0.4) is 0 Å². The number of hydrogen-bond acceptors (Lipinski definition) is 3. The first-order chi connectivity index (χ1) is 4.97. The molecule has 1 N–H and O–H groups in total. The summed E-state index contributed by atoms with van der Waals surface area (Å²) in [6, 6.07) is 0.558. The van der Waals surface area contributed by atoms with Crippen LogP contribution < -0.4 is 5.32 Å². The lowest BCUT2D eigenvalue weighted by Gasteiger charge is -2.35. The summed E-state index contributed by atoms with van der Waals surface area (Å²) in [5.41, 5.74) is 0. The van der Waals surface area contributed by atoms with Gasteiger partial charge in [-0.1, -0.05) is 0 Å². The second-order valence-electron chi connectivity index (χ2n) is 2.83. The molecule has 2 heterocycles. The molecule has 2 rings (SSSR count). The minimum atomic E-state index is 0. The molecular weight excluding hydrogens is 166 g/mol. The summed E-state index contributed by atoms with van der Waals surface area (Å²) >= 11 is 0. The first-order valence-corrected chi connectivity index (χ1v) is 3.89. The standard InChI is InChI=1S/C7H13NO2.ClH/c1-3-9-5-7-6(1)8-2-4-10-7;/h6-8H,1-5H2;1H/t6-,7-;/m0./s1. The average molecular weight is 180 g/mol. The van der Waals surface area contributed by atoms with Crippen molar-refractivity contribution in [2.24, 2.45) is 0 Å². The maximum Gasteiger partial charge on any atom is 0.0962 e. The Morgan fingerprint density at radius 3 is 3.00 bits per heavy atom. The normalized spacial score (nSPS) is 37.1. The molecule has 2 aliphatic heterocycles. The molecule has 0 aromatic carbocycles. The average Bonchev–Trinajstić information content (AvgIpc) is 2.05. The van der Waals surface area contributed by atoms with E-state index in [0.29, 0.717) is 12.1 Å². The quantitative estimate of drug-likeness (QED) is 0.576. The van der Waals surface area contributed by atoms with Crippen LogP contribution in [0.2, 0.25) is 0 Å². The predicted molar refractivity (Wildman–Crippen MR) is 44.2 cm³/mol. The molecule has 0 bridgehead atoms. The Bertz CT molecular complexity index is 97.0. The lowest BCUT2D eigenvalue weighted by Crippen LogP contribution is -2.53. The molecular formula is C7H14ClNO2. The van der Waals surface area contributed by atoms with Gasteiger partial charge >= 0.3 is 0 Å². The van der Waals surface area contributed by atoms with Crippen LogP contribution in [0, 0.1) is 0 Å². The van der Waals surface area contributed by atoms with Crippen molar-refractivity contribution >= 4 is 12.4 Å². The zero-order valence-corrected chi connectivity index (χ0v) is 7.23. The molecule has 11 heavy (non-hydrogen) atoms. The van der Waals surface area contributed by atoms with Gasteiger partial charge in [-0.15, -0.1) is 12.4 Å². The van der Waals surface area contributed by atoms with Gasteiger partial charge in [-0.2, -0.15) is 0 Å². The highest BCUT2D eigenvalue weighted by atomic mass is 35.5. The number of halogens is 1.